The van der Waals surface area contributed by atoms with E-state index in [0.29, 0.717) is 22.0 Å². The highest BCUT2D eigenvalue weighted by Crippen LogP contribution is 2.28. The van der Waals surface area contributed by atoms with Crippen LogP contribution in [0.1, 0.15) is 28.4 Å². The average Bonchev–Trinajstić information content (AvgIpc) is 2.95. The number of hydrogen-bond acceptors (Lipinski definition) is 4. The van der Waals surface area contributed by atoms with Crippen molar-refractivity contribution < 1.29 is 14.4 Å². The lowest BCUT2D eigenvalue weighted by Crippen LogP contribution is -2.30. The van der Waals surface area contributed by atoms with Crippen LogP contribution in [-0.2, 0) is 9.59 Å². The number of benzene rings is 4. The van der Waals surface area contributed by atoms with Crippen LogP contribution in [0.15, 0.2) is 114 Å². The fraction of sp³-hybridized carbons (Fsp3) is 0.0938. The molecule has 0 fully saturated rings. The van der Waals surface area contributed by atoms with Gasteiger partial charge in [0.15, 0.2) is 0 Å². The highest BCUT2D eigenvalue weighted by molar-refractivity contribution is 8.00. The standard InChI is InChI=1S/C32H28ClN3O3S/c1-21-11-6-7-14-24(21)19-29(36-31(38)23-12-4-3-5-13-23)32(39)34-25-15-10-16-26(20-25)40-22(2)30(37)35-28-18-9-8-17-27(28)33/h3-20,22H,1-2H3,(H,34,39)(H,35,37)(H,36,38)/b29-19-. The van der Waals surface area contributed by atoms with Crippen molar-refractivity contribution in [1.82, 2.24) is 5.32 Å². The van der Waals surface area contributed by atoms with Crippen molar-refractivity contribution in [3.8, 4) is 0 Å². The summed E-state index contributed by atoms with van der Waals surface area (Å²) in [6, 6.07) is 30.6. The first kappa shape index (κ1) is 28.7. The molecular weight excluding hydrogens is 542 g/mol. The molecular formula is C32H28ClN3O3S. The van der Waals surface area contributed by atoms with E-state index in [-0.39, 0.29) is 11.6 Å². The van der Waals surface area contributed by atoms with E-state index in [9.17, 15) is 14.4 Å². The summed E-state index contributed by atoms with van der Waals surface area (Å²) in [5.41, 5.74) is 3.39. The highest BCUT2D eigenvalue weighted by atomic mass is 35.5. The van der Waals surface area contributed by atoms with Crippen LogP contribution in [-0.4, -0.2) is 23.0 Å². The summed E-state index contributed by atoms with van der Waals surface area (Å²) >= 11 is 7.51. The van der Waals surface area contributed by atoms with Crippen LogP contribution in [0.3, 0.4) is 0 Å². The molecule has 1 atom stereocenters. The zero-order valence-electron chi connectivity index (χ0n) is 22.0. The molecule has 8 heteroatoms. The molecule has 4 rings (SSSR count). The largest absolute Gasteiger partial charge is 0.324 e. The third-order valence-electron chi connectivity index (χ3n) is 5.92. The Morgan fingerprint density at radius 3 is 2.27 bits per heavy atom. The molecule has 0 aliphatic heterocycles. The maximum atomic E-state index is 13.4. The highest BCUT2D eigenvalue weighted by Gasteiger charge is 2.18. The first-order valence-electron chi connectivity index (χ1n) is 12.6. The minimum absolute atomic E-state index is 0.105. The Labute approximate surface area is 242 Å². The molecule has 0 saturated heterocycles. The van der Waals surface area contributed by atoms with Gasteiger partial charge in [-0.2, -0.15) is 0 Å². The zero-order valence-corrected chi connectivity index (χ0v) is 23.6. The van der Waals surface area contributed by atoms with Crippen LogP contribution in [0.5, 0.6) is 0 Å². The summed E-state index contributed by atoms with van der Waals surface area (Å²) < 4.78 is 0. The Bertz CT molecular complexity index is 1560. The smallest absolute Gasteiger partial charge is 0.272 e. The quantitative estimate of drug-likeness (QED) is 0.147. The van der Waals surface area contributed by atoms with Crippen LogP contribution in [0.4, 0.5) is 11.4 Å². The number of rotatable bonds is 9. The van der Waals surface area contributed by atoms with Crippen LogP contribution in [0.25, 0.3) is 6.08 Å². The van der Waals surface area contributed by atoms with Crippen molar-refractivity contribution in [2.45, 2.75) is 24.0 Å². The fourth-order valence-electron chi connectivity index (χ4n) is 3.75. The number of amides is 3. The van der Waals surface area contributed by atoms with Crippen molar-refractivity contribution in [2.24, 2.45) is 0 Å². The van der Waals surface area contributed by atoms with E-state index in [4.69, 9.17) is 11.6 Å². The fourth-order valence-corrected chi connectivity index (χ4v) is 4.86. The third-order valence-corrected chi connectivity index (χ3v) is 7.35. The van der Waals surface area contributed by atoms with E-state index in [1.165, 1.54) is 11.8 Å². The van der Waals surface area contributed by atoms with Gasteiger partial charge in [-0.15, -0.1) is 11.8 Å². The molecule has 1 unspecified atom stereocenters. The molecule has 6 nitrogen and oxygen atoms in total. The molecule has 40 heavy (non-hydrogen) atoms. The van der Waals surface area contributed by atoms with E-state index in [1.54, 1.807) is 79.7 Å². The minimum Gasteiger partial charge on any atom is -0.324 e. The van der Waals surface area contributed by atoms with Crippen molar-refractivity contribution in [3.63, 3.8) is 0 Å². The van der Waals surface area contributed by atoms with Crippen molar-refractivity contribution in [3.05, 3.63) is 131 Å². The number of nitrogens with one attached hydrogen (secondary N) is 3. The number of aryl methyl sites for hydroxylation is 1. The van der Waals surface area contributed by atoms with E-state index in [2.05, 4.69) is 16.0 Å². The third kappa shape index (κ3) is 7.85. The Morgan fingerprint density at radius 2 is 1.52 bits per heavy atom. The number of anilines is 2. The Balaban J connectivity index is 1.49. The number of carbonyl (C=O) groups is 3. The zero-order chi connectivity index (χ0) is 28.5. The number of thioether (sulfide) groups is 1. The summed E-state index contributed by atoms with van der Waals surface area (Å²) in [5.74, 6) is -1.06. The predicted molar refractivity (Wildman–Crippen MR) is 164 cm³/mol. The molecule has 4 aromatic rings. The minimum atomic E-state index is -0.473. The van der Waals surface area contributed by atoms with Gasteiger partial charge < -0.3 is 16.0 Å². The van der Waals surface area contributed by atoms with E-state index in [0.717, 1.165) is 16.0 Å². The normalized spacial score (nSPS) is 11.8. The van der Waals surface area contributed by atoms with E-state index in [1.807, 2.05) is 43.3 Å². The van der Waals surface area contributed by atoms with Crippen LogP contribution >= 0.6 is 23.4 Å². The SMILES string of the molecule is Cc1ccccc1/C=C(\NC(=O)c1ccccc1)C(=O)Nc1cccc(SC(C)C(=O)Nc2ccccc2Cl)c1. The van der Waals surface area contributed by atoms with Gasteiger partial charge in [0.05, 0.1) is 16.0 Å². The van der Waals surface area contributed by atoms with Gasteiger partial charge in [0.1, 0.15) is 5.70 Å². The second-order valence-corrected chi connectivity index (χ2v) is 10.8. The summed E-state index contributed by atoms with van der Waals surface area (Å²) in [7, 11) is 0. The molecule has 0 spiro atoms. The first-order chi connectivity index (χ1) is 19.3. The van der Waals surface area contributed by atoms with E-state index < -0.39 is 17.1 Å². The number of halogens is 1. The second-order valence-electron chi connectivity index (χ2n) is 8.95. The van der Waals surface area contributed by atoms with Crippen molar-refractivity contribution >= 4 is 58.5 Å². The molecule has 0 saturated carbocycles. The van der Waals surface area contributed by atoms with Crippen molar-refractivity contribution in [2.75, 3.05) is 10.6 Å². The van der Waals surface area contributed by atoms with E-state index >= 15 is 0 Å². The molecule has 3 amide bonds. The van der Waals surface area contributed by atoms with Crippen LogP contribution < -0.4 is 16.0 Å². The number of hydrogen-bond donors (Lipinski definition) is 3. The van der Waals surface area contributed by atoms with Gasteiger partial charge in [-0.05, 0) is 73.5 Å². The van der Waals surface area contributed by atoms with Crippen LogP contribution in [0.2, 0.25) is 5.02 Å². The lowest BCUT2D eigenvalue weighted by molar-refractivity contribution is -0.115. The number of para-hydroxylation sites is 1. The second kappa shape index (κ2) is 13.6. The summed E-state index contributed by atoms with van der Waals surface area (Å²) in [4.78, 5) is 39.8. The molecule has 0 bridgehead atoms. The first-order valence-corrected chi connectivity index (χ1v) is 13.8. The average molecular weight is 570 g/mol. The molecule has 0 radical (unpaired) electrons. The summed E-state index contributed by atoms with van der Waals surface area (Å²) in [5, 5.41) is 8.51. The summed E-state index contributed by atoms with van der Waals surface area (Å²) in [6.07, 6.45) is 1.66. The Kier molecular flexibility index (Phi) is 9.78. The van der Waals surface area contributed by atoms with Gasteiger partial charge in [0, 0.05) is 16.1 Å². The Morgan fingerprint density at radius 1 is 0.825 bits per heavy atom. The molecule has 0 aliphatic carbocycles. The van der Waals surface area contributed by atoms with Gasteiger partial charge in [-0.1, -0.05) is 72.3 Å². The molecule has 4 aromatic carbocycles. The number of carbonyl (C=O) groups excluding carboxylic acids is 3. The maximum absolute atomic E-state index is 13.4. The molecule has 0 aromatic heterocycles. The molecule has 202 valence electrons. The molecule has 0 aliphatic rings. The molecule has 3 N–H and O–H groups in total. The van der Waals surface area contributed by atoms with Gasteiger partial charge in [0.2, 0.25) is 5.91 Å². The predicted octanol–water partition coefficient (Wildman–Crippen LogP) is 7.18. The molecule has 0 heterocycles. The van der Waals surface area contributed by atoms with Gasteiger partial charge in [-0.25, -0.2) is 0 Å². The van der Waals surface area contributed by atoms with Gasteiger partial charge >= 0.3 is 0 Å². The topological polar surface area (TPSA) is 87.3 Å². The van der Waals surface area contributed by atoms with Crippen molar-refractivity contribution in [1.29, 1.82) is 0 Å². The van der Waals surface area contributed by atoms with Crippen LogP contribution in [0, 0.1) is 6.92 Å². The lowest BCUT2D eigenvalue weighted by atomic mass is 10.1. The maximum Gasteiger partial charge on any atom is 0.272 e. The summed E-state index contributed by atoms with van der Waals surface area (Å²) in [6.45, 7) is 3.73. The Hall–Kier alpha value is -4.33. The van der Waals surface area contributed by atoms with Gasteiger partial charge in [0.25, 0.3) is 11.8 Å². The van der Waals surface area contributed by atoms with Gasteiger partial charge in [-0.3, -0.25) is 14.4 Å². The monoisotopic (exact) mass is 569 g/mol. The lowest BCUT2D eigenvalue weighted by Gasteiger charge is -2.15.